The number of anilines is 1. The first-order valence-corrected chi connectivity index (χ1v) is 12.5. The number of hydrogen-bond donors (Lipinski definition) is 3. The Bertz CT molecular complexity index is 1090. The molecule has 3 aromatic rings. The quantitative estimate of drug-likeness (QED) is 0.461. The van der Waals surface area contributed by atoms with Crippen LogP contribution in [0.5, 0.6) is 0 Å². The molecule has 1 aliphatic rings. The van der Waals surface area contributed by atoms with E-state index in [1.165, 1.54) is 5.19 Å². The zero-order chi connectivity index (χ0) is 20.1. The molecule has 2 heterocycles. The summed E-state index contributed by atoms with van der Waals surface area (Å²) in [7, 11) is -1.88. The number of H-pyrrole nitrogens is 1. The zero-order valence-electron chi connectivity index (χ0n) is 16.1. The van der Waals surface area contributed by atoms with Gasteiger partial charge in [-0.25, -0.2) is 4.98 Å². The lowest BCUT2D eigenvalue weighted by molar-refractivity contribution is 0.248. The van der Waals surface area contributed by atoms with Crippen molar-refractivity contribution in [3.8, 4) is 0 Å². The minimum Gasteiger partial charge on any atom is -0.396 e. The highest BCUT2D eigenvalue weighted by molar-refractivity contribution is 6.91. The second kappa shape index (κ2) is 6.71. The Morgan fingerprint density at radius 3 is 2.75 bits per heavy atom. The summed E-state index contributed by atoms with van der Waals surface area (Å²) in [6.45, 7) is 9.07. The van der Waals surface area contributed by atoms with Crippen molar-refractivity contribution in [3.05, 3.63) is 59.2 Å². The lowest BCUT2D eigenvalue weighted by atomic mass is 10.0. The van der Waals surface area contributed by atoms with Gasteiger partial charge >= 0.3 is 0 Å². The SMILES string of the molecule is C=C1[C@H](CO)[C@@H]([Si](C)(C)c2ccccc2)C[C@@H]1n1cnc2c(=O)[nH]c(N)nc21. The summed E-state index contributed by atoms with van der Waals surface area (Å²) >= 11 is 0. The molecule has 0 amide bonds. The highest BCUT2D eigenvalue weighted by atomic mass is 28.3. The molecule has 146 valence electrons. The molecule has 4 N–H and O–H groups in total. The molecule has 0 saturated heterocycles. The molecule has 3 atom stereocenters. The van der Waals surface area contributed by atoms with Crippen LogP contribution < -0.4 is 16.5 Å². The van der Waals surface area contributed by atoms with Crippen molar-refractivity contribution in [2.75, 3.05) is 12.3 Å². The lowest BCUT2D eigenvalue weighted by Crippen LogP contribution is -2.47. The van der Waals surface area contributed by atoms with Crippen LogP contribution in [0.15, 0.2) is 53.6 Å². The number of imidazole rings is 1. The molecular formula is C20H25N5O2Si. The Morgan fingerprint density at radius 2 is 2.07 bits per heavy atom. The van der Waals surface area contributed by atoms with Crippen LogP contribution in [0.4, 0.5) is 5.95 Å². The van der Waals surface area contributed by atoms with Crippen molar-refractivity contribution in [2.24, 2.45) is 5.92 Å². The van der Waals surface area contributed by atoms with Gasteiger partial charge in [0, 0.05) is 12.5 Å². The van der Waals surface area contributed by atoms with Gasteiger partial charge in [0.05, 0.1) is 20.4 Å². The molecule has 4 rings (SSSR count). The predicted octanol–water partition coefficient (Wildman–Crippen LogP) is 1.80. The van der Waals surface area contributed by atoms with Crippen LogP contribution in [0.3, 0.4) is 0 Å². The van der Waals surface area contributed by atoms with Crippen molar-refractivity contribution >= 4 is 30.4 Å². The number of nitrogens with one attached hydrogen (secondary N) is 1. The number of aromatic amines is 1. The fourth-order valence-electron chi connectivity index (χ4n) is 4.65. The van der Waals surface area contributed by atoms with Crippen LogP contribution in [-0.4, -0.2) is 39.3 Å². The van der Waals surface area contributed by atoms with Crippen LogP contribution in [0.25, 0.3) is 11.2 Å². The van der Waals surface area contributed by atoms with Crippen molar-refractivity contribution in [1.82, 2.24) is 19.5 Å². The molecule has 1 aliphatic carbocycles. The average molecular weight is 396 g/mol. The van der Waals surface area contributed by atoms with E-state index in [2.05, 4.69) is 58.9 Å². The second-order valence-electron chi connectivity index (χ2n) is 8.08. The first-order chi connectivity index (χ1) is 13.3. The van der Waals surface area contributed by atoms with Gasteiger partial charge in [0.25, 0.3) is 5.56 Å². The summed E-state index contributed by atoms with van der Waals surface area (Å²) in [6.07, 6.45) is 2.47. The number of aromatic nitrogens is 4. The summed E-state index contributed by atoms with van der Waals surface area (Å²) in [6, 6.07) is 10.5. The molecule has 0 unspecified atom stereocenters. The van der Waals surface area contributed by atoms with Gasteiger partial charge in [0.2, 0.25) is 5.95 Å². The van der Waals surface area contributed by atoms with Crippen LogP contribution in [0.1, 0.15) is 12.5 Å². The van der Waals surface area contributed by atoms with Crippen molar-refractivity contribution < 1.29 is 5.11 Å². The Hall–Kier alpha value is -2.71. The van der Waals surface area contributed by atoms with E-state index in [-0.39, 0.29) is 35.6 Å². The fourth-order valence-corrected chi connectivity index (χ4v) is 8.27. The standard InChI is InChI=1S/C20H25N5O2Si/c1-12-14(10-26)16(28(2,3)13-7-5-4-6-8-13)9-15(12)25-11-22-17-18(25)23-20(21)24-19(17)27/h4-8,11,14-16,26H,1,9-10H2,2-3H3,(H3,21,23,24,27)/t14-,15-,16-/m0/s1. The van der Waals surface area contributed by atoms with Gasteiger partial charge in [0.15, 0.2) is 11.2 Å². The highest BCUT2D eigenvalue weighted by Crippen LogP contribution is 2.51. The van der Waals surface area contributed by atoms with E-state index in [4.69, 9.17) is 5.73 Å². The van der Waals surface area contributed by atoms with E-state index in [1.807, 2.05) is 10.6 Å². The highest BCUT2D eigenvalue weighted by Gasteiger charge is 2.47. The number of hydrogen-bond acceptors (Lipinski definition) is 5. The minimum absolute atomic E-state index is 0.00339. The number of nitrogens with two attached hydrogens (primary N) is 1. The molecule has 2 aromatic heterocycles. The Labute approximate surface area is 164 Å². The Kier molecular flexibility index (Phi) is 4.47. The topological polar surface area (TPSA) is 110 Å². The van der Waals surface area contributed by atoms with Crippen LogP contribution in [0.2, 0.25) is 18.6 Å². The minimum atomic E-state index is -1.88. The lowest BCUT2D eigenvalue weighted by Gasteiger charge is -2.33. The average Bonchev–Trinajstić information content (AvgIpc) is 3.23. The number of benzene rings is 1. The maximum atomic E-state index is 12.1. The summed E-state index contributed by atoms with van der Waals surface area (Å²) in [5, 5.41) is 11.5. The van der Waals surface area contributed by atoms with Crippen molar-refractivity contribution in [3.63, 3.8) is 0 Å². The van der Waals surface area contributed by atoms with Gasteiger partial charge < -0.3 is 15.4 Å². The van der Waals surface area contributed by atoms with Gasteiger partial charge in [-0.2, -0.15) is 4.98 Å². The summed E-state index contributed by atoms with van der Waals surface area (Å²) in [5.74, 6) is 0.0702. The molecular weight excluding hydrogens is 370 g/mol. The molecule has 1 saturated carbocycles. The third-order valence-electron chi connectivity index (χ3n) is 6.30. The van der Waals surface area contributed by atoms with Gasteiger partial charge in [-0.05, 0) is 17.5 Å². The first-order valence-electron chi connectivity index (χ1n) is 9.42. The van der Waals surface area contributed by atoms with Crippen LogP contribution in [0, 0.1) is 5.92 Å². The molecule has 8 heteroatoms. The molecule has 0 spiro atoms. The van der Waals surface area contributed by atoms with Gasteiger partial charge in [0.1, 0.15) is 0 Å². The maximum Gasteiger partial charge on any atom is 0.280 e. The monoisotopic (exact) mass is 395 g/mol. The van der Waals surface area contributed by atoms with Crippen LogP contribution in [-0.2, 0) is 0 Å². The van der Waals surface area contributed by atoms with E-state index >= 15 is 0 Å². The molecule has 28 heavy (non-hydrogen) atoms. The van der Waals surface area contributed by atoms with Crippen molar-refractivity contribution in [1.29, 1.82) is 0 Å². The smallest absolute Gasteiger partial charge is 0.280 e. The first kappa shape index (κ1) is 18.6. The molecule has 7 nitrogen and oxygen atoms in total. The molecule has 0 aliphatic heterocycles. The summed E-state index contributed by atoms with van der Waals surface area (Å²) in [5.41, 5.74) is 7.41. The van der Waals surface area contributed by atoms with E-state index < -0.39 is 8.07 Å². The Morgan fingerprint density at radius 1 is 1.36 bits per heavy atom. The third kappa shape index (κ3) is 2.80. The van der Waals surface area contributed by atoms with Gasteiger partial charge in [-0.1, -0.05) is 55.2 Å². The number of aliphatic hydroxyl groups excluding tert-OH is 1. The van der Waals surface area contributed by atoms with Crippen LogP contribution >= 0.6 is 0 Å². The summed E-state index contributed by atoms with van der Waals surface area (Å²) < 4.78 is 1.89. The molecule has 0 bridgehead atoms. The number of aliphatic hydroxyl groups is 1. The third-order valence-corrected chi connectivity index (χ3v) is 10.6. The maximum absolute atomic E-state index is 12.1. The fraction of sp³-hybridized carbons (Fsp3) is 0.350. The molecule has 1 aromatic carbocycles. The van der Waals surface area contributed by atoms with E-state index in [1.54, 1.807) is 6.33 Å². The number of rotatable bonds is 4. The normalized spacial score (nSPS) is 22.8. The zero-order valence-corrected chi connectivity index (χ0v) is 17.1. The largest absolute Gasteiger partial charge is 0.396 e. The Balaban J connectivity index is 1.77. The van der Waals surface area contributed by atoms with E-state index in [0.29, 0.717) is 11.2 Å². The van der Waals surface area contributed by atoms with E-state index in [9.17, 15) is 9.90 Å². The van der Waals surface area contributed by atoms with Gasteiger partial charge in [-0.3, -0.25) is 9.78 Å². The molecule has 1 fully saturated rings. The summed E-state index contributed by atoms with van der Waals surface area (Å²) in [4.78, 5) is 23.2. The van der Waals surface area contributed by atoms with E-state index in [0.717, 1.165) is 12.0 Å². The van der Waals surface area contributed by atoms with Crippen molar-refractivity contribution in [2.45, 2.75) is 31.1 Å². The number of nitrogen functional groups attached to an aromatic ring is 1. The second-order valence-corrected chi connectivity index (χ2v) is 12.8. The number of nitrogens with zero attached hydrogens (tertiary/aromatic N) is 3. The van der Waals surface area contributed by atoms with Gasteiger partial charge in [-0.15, -0.1) is 0 Å². The molecule has 0 radical (unpaired) electrons. The number of fused-ring (bicyclic) bond motifs is 1. The predicted molar refractivity (Wildman–Crippen MR) is 113 cm³/mol.